The lowest BCUT2D eigenvalue weighted by atomic mass is 10.1. The van der Waals surface area contributed by atoms with Crippen LogP contribution in [0.15, 0.2) is 18.2 Å². The first-order chi connectivity index (χ1) is 8.54. The highest BCUT2D eigenvalue weighted by Crippen LogP contribution is 2.15. The molecule has 2 nitrogen and oxygen atoms in total. The summed E-state index contributed by atoms with van der Waals surface area (Å²) < 4.78 is 25.7. The standard InChI is InChI=1S/C13H19F2NOS/c1-9(18-2)5-6-16-8-13(17)10-3-4-11(14)12(15)7-10/h3-4,7,9,13,16-17H,5-6,8H2,1-2H3. The van der Waals surface area contributed by atoms with Crippen LogP contribution in [0.4, 0.5) is 8.78 Å². The van der Waals surface area contributed by atoms with E-state index in [2.05, 4.69) is 18.5 Å². The van der Waals surface area contributed by atoms with Gasteiger partial charge in [-0.15, -0.1) is 0 Å². The summed E-state index contributed by atoms with van der Waals surface area (Å²) in [5.74, 6) is -1.82. The van der Waals surface area contributed by atoms with E-state index in [1.165, 1.54) is 6.07 Å². The zero-order valence-corrected chi connectivity index (χ0v) is 11.4. The fourth-order valence-corrected chi connectivity index (χ4v) is 1.85. The maximum Gasteiger partial charge on any atom is 0.159 e. The molecule has 2 unspecified atom stereocenters. The third-order valence-corrected chi connectivity index (χ3v) is 3.84. The Bertz CT molecular complexity index is 376. The number of rotatable bonds is 7. The molecule has 0 fully saturated rings. The molecule has 0 heterocycles. The minimum atomic E-state index is -0.928. The predicted molar refractivity (Wildman–Crippen MR) is 71.8 cm³/mol. The van der Waals surface area contributed by atoms with Gasteiger partial charge in [-0.05, 0) is 36.9 Å². The van der Waals surface area contributed by atoms with Crippen molar-refractivity contribution < 1.29 is 13.9 Å². The van der Waals surface area contributed by atoms with Gasteiger partial charge in [-0.25, -0.2) is 8.78 Å². The van der Waals surface area contributed by atoms with Gasteiger partial charge in [0.1, 0.15) is 0 Å². The Hall–Kier alpha value is -0.650. The molecule has 18 heavy (non-hydrogen) atoms. The number of halogens is 2. The second-order valence-electron chi connectivity index (χ2n) is 4.23. The monoisotopic (exact) mass is 275 g/mol. The molecule has 0 aliphatic rings. The summed E-state index contributed by atoms with van der Waals surface area (Å²) in [6.07, 6.45) is 2.25. The highest BCUT2D eigenvalue weighted by Gasteiger charge is 2.10. The van der Waals surface area contributed by atoms with Crippen LogP contribution in [0.25, 0.3) is 0 Å². The molecule has 1 aromatic carbocycles. The van der Waals surface area contributed by atoms with E-state index in [1.807, 2.05) is 0 Å². The van der Waals surface area contributed by atoms with E-state index in [0.29, 0.717) is 17.4 Å². The fourth-order valence-electron chi connectivity index (χ4n) is 1.50. The quantitative estimate of drug-likeness (QED) is 0.751. The number of aliphatic hydroxyl groups excluding tert-OH is 1. The topological polar surface area (TPSA) is 32.3 Å². The van der Waals surface area contributed by atoms with E-state index >= 15 is 0 Å². The molecule has 0 radical (unpaired) electrons. The van der Waals surface area contributed by atoms with Crippen LogP contribution in [0.3, 0.4) is 0 Å². The number of thioether (sulfide) groups is 1. The molecule has 0 bridgehead atoms. The lowest BCUT2D eigenvalue weighted by molar-refractivity contribution is 0.174. The van der Waals surface area contributed by atoms with Gasteiger partial charge < -0.3 is 10.4 Å². The van der Waals surface area contributed by atoms with Gasteiger partial charge in [0.2, 0.25) is 0 Å². The van der Waals surface area contributed by atoms with Gasteiger partial charge in [0.05, 0.1) is 6.10 Å². The maximum atomic E-state index is 13.0. The van der Waals surface area contributed by atoms with Crippen molar-refractivity contribution in [1.82, 2.24) is 5.32 Å². The number of hydrogen-bond donors (Lipinski definition) is 2. The lowest BCUT2D eigenvalue weighted by Gasteiger charge is -2.13. The van der Waals surface area contributed by atoms with Crippen LogP contribution < -0.4 is 5.32 Å². The molecule has 0 saturated heterocycles. The van der Waals surface area contributed by atoms with Crippen molar-refractivity contribution in [1.29, 1.82) is 0 Å². The van der Waals surface area contributed by atoms with Crippen LogP contribution in [-0.2, 0) is 0 Å². The molecule has 0 aliphatic heterocycles. The van der Waals surface area contributed by atoms with Crippen molar-refractivity contribution in [3.63, 3.8) is 0 Å². The van der Waals surface area contributed by atoms with Crippen LogP contribution >= 0.6 is 11.8 Å². The zero-order valence-electron chi connectivity index (χ0n) is 10.6. The van der Waals surface area contributed by atoms with Crippen molar-refractivity contribution in [2.45, 2.75) is 24.7 Å². The van der Waals surface area contributed by atoms with Gasteiger partial charge >= 0.3 is 0 Å². The lowest BCUT2D eigenvalue weighted by Crippen LogP contribution is -2.24. The molecule has 1 rings (SSSR count). The van der Waals surface area contributed by atoms with E-state index in [1.54, 1.807) is 11.8 Å². The van der Waals surface area contributed by atoms with Gasteiger partial charge in [0.15, 0.2) is 11.6 Å². The molecule has 1 aromatic rings. The highest BCUT2D eigenvalue weighted by atomic mass is 32.2. The normalized spacial score (nSPS) is 14.5. The van der Waals surface area contributed by atoms with Crippen molar-refractivity contribution in [3.05, 3.63) is 35.4 Å². The molecule has 0 spiro atoms. The Morgan fingerprint density at radius 3 is 2.67 bits per heavy atom. The minimum Gasteiger partial charge on any atom is -0.387 e. The van der Waals surface area contributed by atoms with Crippen molar-refractivity contribution in [2.24, 2.45) is 0 Å². The van der Waals surface area contributed by atoms with Crippen molar-refractivity contribution in [3.8, 4) is 0 Å². The summed E-state index contributed by atoms with van der Waals surface area (Å²) in [5, 5.41) is 13.5. The Morgan fingerprint density at radius 2 is 2.06 bits per heavy atom. The smallest absolute Gasteiger partial charge is 0.159 e. The van der Waals surface area contributed by atoms with Gasteiger partial charge in [0, 0.05) is 11.8 Å². The highest BCUT2D eigenvalue weighted by molar-refractivity contribution is 7.99. The summed E-state index contributed by atoms with van der Waals surface area (Å²) in [6.45, 7) is 3.27. The molecule has 102 valence electrons. The second-order valence-corrected chi connectivity index (χ2v) is 5.50. The first-order valence-corrected chi connectivity index (χ1v) is 7.20. The molecule has 2 atom stereocenters. The first-order valence-electron chi connectivity index (χ1n) is 5.91. The van der Waals surface area contributed by atoms with Gasteiger partial charge in [-0.1, -0.05) is 13.0 Å². The molecule has 5 heteroatoms. The van der Waals surface area contributed by atoms with E-state index < -0.39 is 17.7 Å². The van der Waals surface area contributed by atoms with Crippen molar-refractivity contribution in [2.75, 3.05) is 19.3 Å². The number of aliphatic hydroxyl groups is 1. The van der Waals surface area contributed by atoms with Gasteiger partial charge in [0.25, 0.3) is 0 Å². The summed E-state index contributed by atoms with van der Waals surface area (Å²) >= 11 is 1.79. The average Bonchev–Trinajstić information content (AvgIpc) is 2.37. The van der Waals surface area contributed by atoms with E-state index in [-0.39, 0.29) is 0 Å². The van der Waals surface area contributed by atoms with Crippen LogP contribution in [0.5, 0.6) is 0 Å². The van der Waals surface area contributed by atoms with Gasteiger partial charge in [-0.2, -0.15) is 11.8 Å². The van der Waals surface area contributed by atoms with E-state index in [9.17, 15) is 13.9 Å². The third-order valence-electron chi connectivity index (χ3n) is 2.80. The molecule has 0 aliphatic carbocycles. The fraction of sp³-hybridized carbons (Fsp3) is 0.538. The van der Waals surface area contributed by atoms with Crippen LogP contribution in [0, 0.1) is 11.6 Å². The zero-order chi connectivity index (χ0) is 13.5. The molecule has 0 saturated carbocycles. The number of hydrogen-bond acceptors (Lipinski definition) is 3. The Kier molecular flexibility index (Phi) is 6.60. The third kappa shape index (κ3) is 4.92. The second kappa shape index (κ2) is 7.71. The predicted octanol–water partition coefficient (Wildman–Crippen LogP) is 2.73. The maximum absolute atomic E-state index is 13.0. The average molecular weight is 275 g/mol. The van der Waals surface area contributed by atoms with E-state index in [0.717, 1.165) is 25.1 Å². The van der Waals surface area contributed by atoms with Crippen LogP contribution in [0.1, 0.15) is 25.0 Å². The van der Waals surface area contributed by atoms with Crippen LogP contribution in [0.2, 0.25) is 0 Å². The Labute approximate surface area is 111 Å². The summed E-state index contributed by atoms with van der Waals surface area (Å²) in [5.41, 5.74) is 0.388. The van der Waals surface area contributed by atoms with Crippen molar-refractivity contribution >= 4 is 11.8 Å². The Morgan fingerprint density at radius 1 is 1.33 bits per heavy atom. The molecular formula is C13H19F2NOS. The van der Waals surface area contributed by atoms with E-state index in [4.69, 9.17) is 0 Å². The van der Waals surface area contributed by atoms with Crippen LogP contribution in [-0.4, -0.2) is 29.7 Å². The summed E-state index contributed by atoms with van der Waals surface area (Å²) in [6, 6.07) is 3.46. The molecule has 0 amide bonds. The summed E-state index contributed by atoms with van der Waals surface area (Å²) in [7, 11) is 0. The molecule has 2 N–H and O–H groups in total. The molecular weight excluding hydrogens is 256 g/mol. The summed E-state index contributed by atoms with van der Waals surface area (Å²) in [4.78, 5) is 0. The SMILES string of the molecule is CSC(C)CCNCC(O)c1ccc(F)c(F)c1. The first kappa shape index (κ1) is 15.4. The van der Waals surface area contributed by atoms with Gasteiger partial charge in [-0.3, -0.25) is 0 Å². The molecule has 0 aromatic heterocycles. The largest absolute Gasteiger partial charge is 0.387 e. The number of benzene rings is 1. The Balaban J connectivity index is 2.36. The number of nitrogens with one attached hydrogen (secondary N) is 1. The minimum absolute atomic E-state index is 0.339.